The molecule has 0 bridgehead atoms. The molecule has 0 aliphatic carbocycles. The minimum absolute atomic E-state index is 0.0488. The Bertz CT molecular complexity index is 292. The molecule has 0 aliphatic rings. The van der Waals surface area contributed by atoms with Crippen molar-refractivity contribution in [2.24, 2.45) is 0 Å². The lowest BCUT2D eigenvalue weighted by Crippen LogP contribution is -2.13. The van der Waals surface area contributed by atoms with Crippen molar-refractivity contribution < 1.29 is 19.1 Å². The minimum Gasteiger partial charge on any atom is -0.353 e. The lowest BCUT2D eigenvalue weighted by molar-refractivity contribution is 0.103. The van der Waals surface area contributed by atoms with Crippen LogP contribution in [0.1, 0.15) is 64.7 Å². The molecule has 0 aliphatic heterocycles. The Morgan fingerprint density at radius 1 is 1.11 bits per heavy atom. The van der Waals surface area contributed by atoms with E-state index in [1.807, 2.05) is 0 Å². The molecular weight excluding hydrogens is 263 g/mol. The predicted octanol–water partition coefficient (Wildman–Crippen LogP) is 3.67. The summed E-state index contributed by atoms with van der Waals surface area (Å²) in [6.07, 6.45) is 14.6. The standard InChI is InChI=1S/C14H27O4P/c1-3-5-6-7-8-9-10-11-12-14(18-13-4-2)19(15,16)17/h2,14H,3,5-13H2,1H3,(H2,15,16,17). The Morgan fingerprint density at radius 3 is 2.11 bits per heavy atom. The molecule has 0 saturated carbocycles. The van der Waals surface area contributed by atoms with E-state index in [1.54, 1.807) is 0 Å². The Morgan fingerprint density at radius 2 is 1.63 bits per heavy atom. The SMILES string of the molecule is C#CCOC(CCCCCCCCCC)P(=O)(O)O. The third-order valence-electron chi connectivity index (χ3n) is 3.04. The maximum atomic E-state index is 11.2. The van der Waals surface area contributed by atoms with E-state index in [1.165, 1.54) is 32.1 Å². The van der Waals surface area contributed by atoms with Crippen molar-refractivity contribution in [1.82, 2.24) is 0 Å². The molecule has 0 rings (SSSR count). The largest absolute Gasteiger partial charge is 0.354 e. The fraction of sp³-hybridized carbons (Fsp3) is 0.857. The summed E-state index contributed by atoms with van der Waals surface area (Å²) in [6.45, 7) is 2.14. The van der Waals surface area contributed by atoms with Gasteiger partial charge in [0.2, 0.25) is 0 Å². The molecule has 0 aromatic carbocycles. The van der Waals surface area contributed by atoms with E-state index < -0.39 is 13.4 Å². The van der Waals surface area contributed by atoms with E-state index in [2.05, 4.69) is 12.8 Å². The number of terminal acetylenes is 1. The van der Waals surface area contributed by atoms with Gasteiger partial charge in [0, 0.05) is 0 Å². The van der Waals surface area contributed by atoms with Gasteiger partial charge in [-0.3, -0.25) is 4.57 Å². The molecule has 112 valence electrons. The Kier molecular flexibility index (Phi) is 11.3. The van der Waals surface area contributed by atoms with Gasteiger partial charge in [-0.15, -0.1) is 6.42 Å². The summed E-state index contributed by atoms with van der Waals surface area (Å²) < 4.78 is 16.2. The van der Waals surface area contributed by atoms with Gasteiger partial charge in [0.1, 0.15) is 6.61 Å². The average Bonchev–Trinajstić information content (AvgIpc) is 2.34. The molecule has 1 atom stereocenters. The Hall–Kier alpha value is -0.330. The van der Waals surface area contributed by atoms with Crippen LogP contribution in [0.5, 0.6) is 0 Å². The first-order chi connectivity index (χ1) is 9.02. The summed E-state index contributed by atoms with van der Waals surface area (Å²) in [6, 6.07) is 0. The van der Waals surface area contributed by atoms with Crippen molar-refractivity contribution in [2.75, 3.05) is 6.61 Å². The second-order valence-electron chi connectivity index (χ2n) is 4.82. The van der Waals surface area contributed by atoms with Crippen LogP contribution in [0.15, 0.2) is 0 Å². The summed E-state index contributed by atoms with van der Waals surface area (Å²) in [7, 11) is -4.19. The second-order valence-corrected chi connectivity index (χ2v) is 6.58. The fourth-order valence-corrected chi connectivity index (χ4v) is 2.73. The normalized spacial score (nSPS) is 13.2. The van der Waals surface area contributed by atoms with Crippen molar-refractivity contribution in [1.29, 1.82) is 0 Å². The van der Waals surface area contributed by atoms with Crippen LogP contribution in [-0.2, 0) is 9.30 Å². The molecule has 0 aromatic heterocycles. The topological polar surface area (TPSA) is 66.8 Å². The van der Waals surface area contributed by atoms with Gasteiger partial charge in [-0.2, -0.15) is 0 Å². The molecule has 0 amide bonds. The summed E-state index contributed by atoms with van der Waals surface area (Å²) in [5.41, 5.74) is 0. The van der Waals surface area contributed by atoms with Crippen LogP contribution in [0.4, 0.5) is 0 Å². The van der Waals surface area contributed by atoms with Crippen LogP contribution >= 0.6 is 7.60 Å². The number of hydrogen-bond acceptors (Lipinski definition) is 2. The van der Waals surface area contributed by atoms with Crippen molar-refractivity contribution >= 4 is 7.60 Å². The maximum absolute atomic E-state index is 11.2. The van der Waals surface area contributed by atoms with E-state index in [0.29, 0.717) is 6.42 Å². The van der Waals surface area contributed by atoms with Gasteiger partial charge in [0.05, 0.1) is 0 Å². The summed E-state index contributed by atoms with van der Waals surface area (Å²) >= 11 is 0. The molecule has 19 heavy (non-hydrogen) atoms. The number of ether oxygens (including phenoxy) is 1. The molecule has 0 fully saturated rings. The zero-order chi connectivity index (χ0) is 14.6. The molecule has 0 saturated heterocycles. The zero-order valence-corrected chi connectivity index (χ0v) is 12.8. The summed E-state index contributed by atoms with van der Waals surface area (Å²) in [4.78, 5) is 18.2. The van der Waals surface area contributed by atoms with Crippen LogP contribution in [-0.4, -0.2) is 22.2 Å². The van der Waals surface area contributed by atoms with Crippen molar-refractivity contribution in [3.8, 4) is 12.3 Å². The second kappa shape index (κ2) is 11.5. The first kappa shape index (κ1) is 18.7. The molecule has 0 radical (unpaired) electrons. The highest BCUT2D eigenvalue weighted by molar-refractivity contribution is 7.52. The molecule has 5 heteroatoms. The molecule has 0 spiro atoms. The first-order valence-electron chi connectivity index (χ1n) is 7.12. The lowest BCUT2D eigenvalue weighted by Gasteiger charge is -2.17. The van der Waals surface area contributed by atoms with Gasteiger partial charge in [-0.05, 0) is 6.42 Å². The van der Waals surface area contributed by atoms with E-state index in [0.717, 1.165) is 19.3 Å². The lowest BCUT2D eigenvalue weighted by atomic mass is 10.1. The zero-order valence-electron chi connectivity index (χ0n) is 11.9. The third kappa shape index (κ3) is 11.2. The molecule has 0 heterocycles. The summed E-state index contributed by atoms with van der Waals surface area (Å²) in [5.74, 6) is 1.20. The Balaban J connectivity index is 3.65. The fourth-order valence-electron chi connectivity index (χ4n) is 1.95. The molecule has 2 N–H and O–H groups in total. The Labute approximate surface area is 117 Å². The van der Waals surface area contributed by atoms with Gasteiger partial charge in [0.15, 0.2) is 5.85 Å². The smallest absolute Gasteiger partial charge is 0.353 e. The number of hydrogen-bond donors (Lipinski definition) is 2. The van der Waals surface area contributed by atoms with Gasteiger partial charge in [-0.25, -0.2) is 0 Å². The monoisotopic (exact) mass is 290 g/mol. The minimum atomic E-state index is -4.19. The number of unbranched alkanes of at least 4 members (excludes halogenated alkanes) is 7. The highest BCUT2D eigenvalue weighted by atomic mass is 31.2. The van der Waals surface area contributed by atoms with Crippen molar-refractivity contribution in [2.45, 2.75) is 70.6 Å². The van der Waals surface area contributed by atoms with Crippen molar-refractivity contribution in [3.05, 3.63) is 0 Å². The van der Waals surface area contributed by atoms with E-state index in [-0.39, 0.29) is 6.61 Å². The number of rotatable bonds is 12. The molecule has 0 aromatic rings. The average molecular weight is 290 g/mol. The maximum Gasteiger partial charge on any atom is 0.354 e. The van der Waals surface area contributed by atoms with Crippen LogP contribution < -0.4 is 0 Å². The van der Waals surface area contributed by atoms with Crippen LogP contribution in [0.3, 0.4) is 0 Å². The highest BCUT2D eigenvalue weighted by Crippen LogP contribution is 2.44. The highest BCUT2D eigenvalue weighted by Gasteiger charge is 2.28. The van der Waals surface area contributed by atoms with Crippen LogP contribution in [0.25, 0.3) is 0 Å². The third-order valence-corrected chi connectivity index (χ3v) is 4.20. The van der Waals surface area contributed by atoms with E-state index in [4.69, 9.17) is 20.9 Å². The molecular formula is C14H27O4P. The summed E-state index contributed by atoms with van der Waals surface area (Å²) in [5, 5.41) is 0. The van der Waals surface area contributed by atoms with Gasteiger partial charge >= 0.3 is 7.60 Å². The van der Waals surface area contributed by atoms with E-state index in [9.17, 15) is 4.57 Å². The van der Waals surface area contributed by atoms with Gasteiger partial charge in [0.25, 0.3) is 0 Å². The molecule has 1 unspecified atom stereocenters. The van der Waals surface area contributed by atoms with Gasteiger partial charge < -0.3 is 14.5 Å². The molecule has 4 nitrogen and oxygen atoms in total. The van der Waals surface area contributed by atoms with Crippen LogP contribution in [0, 0.1) is 12.3 Å². The quantitative estimate of drug-likeness (QED) is 0.327. The van der Waals surface area contributed by atoms with Gasteiger partial charge in [-0.1, -0.05) is 64.2 Å². The van der Waals surface area contributed by atoms with Crippen LogP contribution in [0.2, 0.25) is 0 Å². The first-order valence-corrected chi connectivity index (χ1v) is 8.80. The van der Waals surface area contributed by atoms with Crippen molar-refractivity contribution in [3.63, 3.8) is 0 Å². The predicted molar refractivity (Wildman–Crippen MR) is 77.8 cm³/mol. The van der Waals surface area contributed by atoms with E-state index >= 15 is 0 Å².